The van der Waals surface area contributed by atoms with Crippen LogP contribution in [0.15, 0.2) is 58.4 Å². The molecule has 1 unspecified atom stereocenters. The molecule has 0 amide bonds. The number of unbranched alkanes of at least 4 members (excludes halogenated alkanes) is 1. The summed E-state index contributed by atoms with van der Waals surface area (Å²) >= 11 is 0. The molecule has 3 rings (SSSR count). The third-order valence-electron chi connectivity index (χ3n) is 4.74. The van der Waals surface area contributed by atoms with Gasteiger partial charge < -0.3 is 14.7 Å². The Labute approximate surface area is 178 Å². The fourth-order valence-electron chi connectivity index (χ4n) is 3.00. The fourth-order valence-corrected chi connectivity index (χ4v) is 3.52. The van der Waals surface area contributed by atoms with E-state index in [2.05, 4.69) is 4.99 Å². The van der Waals surface area contributed by atoms with Crippen LogP contribution in [-0.4, -0.2) is 44.4 Å². The summed E-state index contributed by atoms with van der Waals surface area (Å²) < 4.78 is 68.9. The smallest absolute Gasteiger partial charge is 0.440 e. The molecular weight excluding hydrogens is 435 g/mol. The third kappa shape index (κ3) is 5.00. The van der Waals surface area contributed by atoms with Gasteiger partial charge in [-0.3, -0.25) is 0 Å². The average Bonchev–Trinajstić information content (AvgIpc) is 3.07. The number of hydrogen-bond acceptors (Lipinski definition) is 6. The summed E-state index contributed by atoms with van der Waals surface area (Å²) in [6.07, 6.45) is -3.17. The van der Waals surface area contributed by atoms with Crippen LogP contribution in [0.3, 0.4) is 0 Å². The van der Waals surface area contributed by atoms with Gasteiger partial charge >= 0.3 is 6.18 Å². The van der Waals surface area contributed by atoms with Gasteiger partial charge in [0.2, 0.25) is 10.0 Å². The van der Waals surface area contributed by atoms with Gasteiger partial charge in [-0.1, -0.05) is 13.3 Å². The Bertz CT molecular complexity index is 1050. The van der Waals surface area contributed by atoms with Gasteiger partial charge in [0, 0.05) is 11.3 Å². The number of ether oxygens (including phenoxy) is 1. The van der Waals surface area contributed by atoms with Crippen LogP contribution >= 0.6 is 0 Å². The lowest BCUT2D eigenvalue weighted by Crippen LogP contribution is -2.47. The van der Waals surface area contributed by atoms with Gasteiger partial charge in [0.05, 0.1) is 18.0 Å². The zero-order valence-corrected chi connectivity index (χ0v) is 17.4. The van der Waals surface area contributed by atoms with Gasteiger partial charge in [-0.05, 0) is 55.0 Å². The molecule has 7 nitrogen and oxygen atoms in total. The van der Waals surface area contributed by atoms with E-state index in [0.717, 1.165) is 12.8 Å². The standard InChI is InChI=1S/C20H22F3N3O4S/c1-2-3-12-30-16-8-4-14(5-9-16)18-25-19(27,20(21,22)23)13-26(18)15-6-10-17(11-7-15)31(24,28)29/h4-11,27H,2-3,12-13H2,1H3,(H2,24,28,29). The normalized spacial score (nSPS) is 19.4. The Kier molecular flexibility index (Phi) is 6.30. The molecule has 0 aliphatic carbocycles. The zero-order valence-electron chi connectivity index (χ0n) is 16.6. The number of nitrogens with zero attached hydrogens (tertiary/aromatic N) is 2. The number of halogens is 3. The van der Waals surface area contributed by atoms with Crippen LogP contribution in [-0.2, 0) is 10.0 Å². The van der Waals surface area contributed by atoms with Gasteiger partial charge in [-0.15, -0.1) is 0 Å². The zero-order chi connectivity index (χ0) is 22.9. The van der Waals surface area contributed by atoms with E-state index in [1.807, 2.05) is 6.92 Å². The largest absolute Gasteiger partial charge is 0.494 e. The number of nitrogens with two attached hydrogens (primary N) is 1. The summed E-state index contributed by atoms with van der Waals surface area (Å²) in [6.45, 7) is 1.67. The van der Waals surface area contributed by atoms with Crippen molar-refractivity contribution in [1.82, 2.24) is 0 Å². The first kappa shape index (κ1) is 23.0. The lowest BCUT2D eigenvalue weighted by Gasteiger charge is -2.25. The molecular formula is C20H22F3N3O4S. The number of aliphatic hydroxyl groups is 1. The van der Waals surface area contributed by atoms with Crippen molar-refractivity contribution in [3.05, 3.63) is 54.1 Å². The van der Waals surface area contributed by atoms with Crippen LogP contribution < -0.4 is 14.8 Å². The maximum Gasteiger partial charge on any atom is 0.440 e. The Hall–Kier alpha value is -2.63. The molecule has 0 fully saturated rings. The lowest BCUT2D eigenvalue weighted by atomic mass is 10.1. The van der Waals surface area contributed by atoms with E-state index in [1.54, 1.807) is 24.3 Å². The number of amidine groups is 1. The Morgan fingerprint density at radius 2 is 1.77 bits per heavy atom. The molecule has 0 saturated carbocycles. The number of β-amino-alcohol motifs (C(OH)–C–C–N with tert-alkyl or cyclic N) is 1. The summed E-state index contributed by atoms with van der Waals surface area (Å²) in [5.41, 5.74) is -2.76. The summed E-state index contributed by atoms with van der Waals surface area (Å²) in [5.74, 6) is 0.453. The van der Waals surface area contributed by atoms with Crippen molar-refractivity contribution >= 4 is 21.5 Å². The van der Waals surface area contributed by atoms with Crippen molar-refractivity contribution in [3.8, 4) is 5.75 Å². The van der Waals surface area contributed by atoms with Crippen molar-refractivity contribution in [1.29, 1.82) is 0 Å². The molecule has 0 saturated heterocycles. The van der Waals surface area contributed by atoms with Crippen molar-refractivity contribution in [2.75, 3.05) is 18.1 Å². The van der Waals surface area contributed by atoms with Crippen molar-refractivity contribution in [2.45, 2.75) is 36.6 Å². The Balaban J connectivity index is 1.96. The van der Waals surface area contributed by atoms with Crippen molar-refractivity contribution in [3.63, 3.8) is 0 Å². The van der Waals surface area contributed by atoms with Crippen LogP contribution in [0.1, 0.15) is 25.3 Å². The second kappa shape index (κ2) is 8.48. The molecule has 11 heteroatoms. The topological polar surface area (TPSA) is 105 Å². The number of rotatable bonds is 7. The molecule has 0 bridgehead atoms. The number of sulfonamides is 1. The van der Waals surface area contributed by atoms with E-state index in [9.17, 15) is 26.7 Å². The molecule has 2 aromatic carbocycles. The van der Waals surface area contributed by atoms with Crippen molar-refractivity contribution in [2.24, 2.45) is 10.1 Å². The Morgan fingerprint density at radius 3 is 2.29 bits per heavy atom. The van der Waals surface area contributed by atoms with E-state index in [0.29, 0.717) is 17.9 Å². The molecule has 1 aliphatic rings. The first-order chi connectivity index (χ1) is 14.4. The van der Waals surface area contributed by atoms with E-state index >= 15 is 0 Å². The summed E-state index contributed by atoms with van der Waals surface area (Å²) in [6, 6.07) is 11.3. The summed E-state index contributed by atoms with van der Waals surface area (Å²) in [7, 11) is -3.96. The predicted octanol–water partition coefficient (Wildman–Crippen LogP) is 3.03. The third-order valence-corrected chi connectivity index (χ3v) is 5.66. The average molecular weight is 457 g/mol. The van der Waals surface area contributed by atoms with Gasteiger partial charge in [0.1, 0.15) is 11.6 Å². The number of hydrogen-bond donors (Lipinski definition) is 2. The highest BCUT2D eigenvalue weighted by atomic mass is 32.2. The predicted molar refractivity (Wildman–Crippen MR) is 110 cm³/mol. The van der Waals surface area contributed by atoms with Crippen LogP contribution in [0, 0.1) is 0 Å². The van der Waals surface area contributed by atoms with Crippen molar-refractivity contribution < 1.29 is 31.4 Å². The van der Waals surface area contributed by atoms with Gasteiger partial charge in [-0.25, -0.2) is 18.5 Å². The lowest BCUT2D eigenvalue weighted by molar-refractivity contribution is -0.249. The van der Waals surface area contributed by atoms with E-state index in [-0.39, 0.29) is 16.4 Å². The van der Waals surface area contributed by atoms with Gasteiger partial charge in [0.15, 0.2) is 0 Å². The molecule has 0 spiro atoms. The quantitative estimate of drug-likeness (QED) is 0.622. The van der Waals surface area contributed by atoms with Gasteiger partial charge in [0.25, 0.3) is 5.72 Å². The SMILES string of the molecule is CCCCOc1ccc(C2=NC(O)(C(F)(F)F)CN2c2ccc(S(N)(=O)=O)cc2)cc1. The maximum absolute atomic E-state index is 13.5. The highest BCUT2D eigenvalue weighted by Crippen LogP contribution is 2.39. The molecule has 0 aromatic heterocycles. The highest BCUT2D eigenvalue weighted by Gasteiger charge is 2.58. The highest BCUT2D eigenvalue weighted by molar-refractivity contribution is 7.89. The van der Waals surface area contributed by atoms with E-state index in [1.165, 1.54) is 29.2 Å². The minimum atomic E-state index is -5.00. The minimum Gasteiger partial charge on any atom is -0.494 e. The first-order valence-corrected chi connectivity index (χ1v) is 11.0. The molecule has 0 radical (unpaired) electrons. The first-order valence-electron chi connectivity index (χ1n) is 9.47. The molecule has 1 heterocycles. The monoisotopic (exact) mass is 457 g/mol. The van der Waals surface area contributed by atoms with E-state index in [4.69, 9.17) is 9.88 Å². The summed E-state index contributed by atoms with van der Waals surface area (Å²) in [4.78, 5) is 4.57. The number of benzene rings is 2. The van der Waals surface area contributed by atoms with Crippen LogP contribution in [0.5, 0.6) is 5.75 Å². The van der Waals surface area contributed by atoms with Gasteiger partial charge in [-0.2, -0.15) is 13.2 Å². The Morgan fingerprint density at radius 1 is 1.16 bits per heavy atom. The molecule has 1 atom stereocenters. The molecule has 1 aliphatic heterocycles. The van der Waals surface area contributed by atoms with Crippen LogP contribution in [0.4, 0.5) is 18.9 Å². The summed E-state index contributed by atoms with van der Waals surface area (Å²) in [5, 5.41) is 15.2. The van der Waals surface area contributed by atoms with Crippen LogP contribution in [0.2, 0.25) is 0 Å². The molecule has 168 valence electrons. The maximum atomic E-state index is 13.5. The number of aliphatic imine (C=N–C) groups is 1. The second-order valence-electron chi connectivity index (χ2n) is 7.10. The number of alkyl halides is 3. The fraction of sp³-hybridized carbons (Fsp3) is 0.350. The molecule has 2 aromatic rings. The molecule has 3 N–H and O–H groups in total. The second-order valence-corrected chi connectivity index (χ2v) is 8.66. The van der Waals surface area contributed by atoms with E-state index < -0.39 is 28.5 Å². The number of anilines is 1. The minimum absolute atomic E-state index is 0.108. The van der Waals surface area contributed by atoms with Crippen LogP contribution in [0.25, 0.3) is 0 Å². The molecule has 31 heavy (non-hydrogen) atoms. The number of primary sulfonamides is 1.